The number of rotatable bonds is 3. The van der Waals surface area contributed by atoms with E-state index in [0.29, 0.717) is 21.9 Å². The molecule has 0 aliphatic carbocycles. The minimum Gasteiger partial charge on any atom is -0.456 e. The molecule has 0 unspecified atom stereocenters. The first-order valence-electron chi connectivity index (χ1n) is 16.9. The number of hydrogen-bond donors (Lipinski definition) is 0. The highest BCUT2D eigenvalue weighted by atomic mass is 32.1. The minimum atomic E-state index is -0.420. The average Bonchev–Trinajstić information content (AvgIpc) is 3.75. The number of hydrogen-bond acceptors (Lipinski definition) is 6. The fraction of sp³-hybridized carbons (Fsp3) is 0.140. The third-order valence-electron chi connectivity index (χ3n) is 10.7. The van der Waals surface area contributed by atoms with Gasteiger partial charge in [-0.2, -0.15) is 0 Å². The zero-order valence-electron chi connectivity index (χ0n) is 28.0. The lowest BCUT2D eigenvalue weighted by molar-refractivity contribution is 0.00578. The molecule has 1 fully saturated rings. The summed E-state index contributed by atoms with van der Waals surface area (Å²) in [7, 11) is -0.420. The van der Waals surface area contributed by atoms with Crippen LogP contribution >= 0.6 is 22.7 Å². The molecule has 0 amide bonds. The summed E-state index contributed by atoms with van der Waals surface area (Å²) in [5.41, 5.74) is 5.44. The first kappa shape index (κ1) is 30.1. The first-order valence-corrected chi connectivity index (χ1v) is 18.5. The van der Waals surface area contributed by atoms with Gasteiger partial charge in [0.2, 0.25) is 5.43 Å². The Labute approximate surface area is 296 Å². The highest BCUT2D eigenvalue weighted by Crippen LogP contribution is 2.40. The molecule has 4 nitrogen and oxygen atoms in total. The van der Waals surface area contributed by atoms with Crippen molar-refractivity contribution < 1.29 is 13.7 Å². The Morgan fingerprint density at radius 2 is 0.920 bits per heavy atom. The average molecular weight is 687 g/mol. The van der Waals surface area contributed by atoms with E-state index in [-0.39, 0.29) is 5.43 Å². The zero-order chi connectivity index (χ0) is 33.9. The quantitative estimate of drug-likeness (QED) is 0.137. The van der Waals surface area contributed by atoms with Gasteiger partial charge in [0.1, 0.15) is 11.2 Å². The molecule has 6 aromatic carbocycles. The predicted molar refractivity (Wildman–Crippen MR) is 212 cm³/mol. The summed E-state index contributed by atoms with van der Waals surface area (Å²) in [6.07, 6.45) is 0. The maximum atomic E-state index is 14.1. The monoisotopic (exact) mass is 686 g/mol. The standard InChI is InChI=1S/C43H31BO4S2/c1-42(2)43(3,4)48-44(47-42)28-13-18-40-32(23-28)31-20-27(12-17-39(31)50-40)25-10-15-36-34(22-25)41(45)33-21-24(9-14-35(33)46-36)26-11-16-38-30(19-26)29-7-5-6-8-37(29)49-38/h5-23H,1-4H3. The molecule has 242 valence electrons. The van der Waals surface area contributed by atoms with Crippen LogP contribution in [-0.2, 0) is 9.31 Å². The Morgan fingerprint density at radius 3 is 1.50 bits per heavy atom. The van der Waals surface area contributed by atoms with E-state index in [1.54, 1.807) is 22.7 Å². The van der Waals surface area contributed by atoms with Crippen LogP contribution in [0.25, 0.3) is 84.5 Å². The van der Waals surface area contributed by atoms with Crippen molar-refractivity contribution in [2.45, 2.75) is 38.9 Å². The van der Waals surface area contributed by atoms with E-state index in [2.05, 4.69) is 107 Å². The number of benzene rings is 6. The van der Waals surface area contributed by atoms with Crippen LogP contribution in [0.4, 0.5) is 0 Å². The van der Waals surface area contributed by atoms with Crippen LogP contribution in [0.5, 0.6) is 0 Å². The van der Waals surface area contributed by atoms with Crippen molar-refractivity contribution in [3.05, 3.63) is 125 Å². The van der Waals surface area contributed by atoms with Crippen molar-refractivity contribution in [3.8, 4) is 22.3 Å². The maximum Gasteiger partial charge on any atom is 0.494 e. The van der Waals surface area contributed by atoms with Crippen LogP contribution in [0.15, 0.2) is 124 Å². The second-order valence-corrected chi connectivity index (χ2v) is 16.5. The van der Waals surface area contributed by atoms with Gasteiger partial charge in [-0.15, -0.1) is 22.7 Å². The maximum absolute atomic E-state index is 14.1. The predicted octanol–water partition coefficient (Wildman–Crippen LogP) is 11.3. The molecule has 0 atom stereocenters. The molecule has 1 aliphatic rings. The minimum absolute atomic E-state index is 0.0267. The van der Waals surface area contributed by atoms with Gasteiger partial charge in [0, 0.05) is 35.0 Å². The van der Waals surface area contributed by atoms with Gasteiger partial charge in [0.15, 0.2) is 0 Å². The summed E-state index contributed by atoms with van der Waals surface area (Å²) in [6.45, 7) is 8.32. The van der Waals surface area contributed by atoms with Crippen molar-refractivity contribution in [3.63, 3.8) is 0 Å². The summed E-state index contributed by atoms with van der Waals surface area (Å²) >= 11 is 3.58. The normalized spacial score (nSPS) is 15.8. The molecular formula is C43H31BO4S2. The lowest BCUT2D eigenvalue weighted by Gasteiger charge is -2.32. The SMILES string of the molecule is CC1(C)OB(c2ccc3sc4ccc(-c5ccc6oc7ccc(-c8ccc9sc%10ccccc%10c9c8)cc7c(=O)c6c5)cc4c3c2)OC1(C)C. The van der Waals surface area contributed by atoms with Crippen LogP contribution < -0.4 is 10.9 Å². The van der Waals surface area contributed by atoms with E-state index in [1.807, 2.05) is 36.4 Å². The van der Waals surface area contributed by atoms with Crippen molar-refractivity contribution >= 4 is 97.5 Å². The molecule has 9 aromatic rings. The third kappa shape index (κ3) is 4.54. The number of thiophene rings is 2. The molecule has 1 saturated heterocycles. The van der Waals surface area contributed by atoms with Gasteiger partial charge in [-0.1, -0.05) is 54.6 Å². The molecule has 4 heterocycles. The third-order valence-corrected chi connectivity index (χ3v) is 13.0. The lowest BCUT2D eigenvalue weighted by atomic mass is 9.78. The molecule has 10 rings (SSSR count). The van der Waals surface area contributed by atoms with Crippen LogP contribution in [0.3, 0.4) is 0 Å². The Hall–Kier alpha value is -4.79. The summed E-state index contributed by atoms with van der Waals surface area (Å²) in [4.78, 5) is 14.1. The lowest BCUT2D eigenvalue weighted by Crippen LogP contribution is -2.41. The molecule has 0 spiro atoms. The summed E-state index contributed by atoms with van der Waals surface area (Å²) in [5.74, 6) is 0. The van der Waals surface area contributed by atoms with Gasteiger partial charge < -0.3 is 13.7 Å². The Bertz CT molecular complexity index is 2910. The van der Waals surface area contributed by atoms with E-state index in [1.165, 1.54) is 40.3 Å². The number of fused-ring (bicyclic) bond motifs is 8. The first-order chi connectivity index (χ1) is 24.1. The zero-order valence-corrected chi connectivity index (χ0v) is 29.6. The van der Waals surface area contributed by atoms with E-state index in [9.17, 15) is 4.79 Å². The van der Waals surface area contributed by atoms with Gasteiger partial charge in [0.05, 0.1) is 22.0 Å². The van der Waals surface area contributed by atoms with E-state index in [0.717, 1.165) is 27.7 Å². The summed E-state index contributed by atoms with van der Waals surface area (Å²) in [5, 5.41) is 5.99. The van der Waals surface area contributed by atoms with Crippen molar-refractivity contribution in [2.24, 2.45) is 0 Å². The molecule has 0 radical (unpaired) electrons. The molecule has 7 heteroatoms. The second-order valence-electron chi connectivity index (χ2n) is 14.3. The summed E-state index contributed by atoms with van der Waals surface area (Å²) in [6, 6.07) is 40.0. The Balaban J connectivity index is 1.05. The van der Waals surface area contributed by atoms with Gasteiger partial charge in [-0.25, -0.2) is 0 Å². The highest BCUT2D eigenvalue weighted by molar-refractivity contribution is 7.26. The Kier molecular flexibility index (Phi) is 6.38. The van der Waals surface area contributed by atoms with E-state index >= 15 is 0 Å². The molecule has 1 aliphatic heterocycles. The fourth-order valence-corrected chi connectivity index (χ4v) is 9.37. The molecule has 50 heavy (non-hydrogen) atoms. The van der Waals surface area contributed by atoms with Crippen LogP contribution in [0.1, 0.15) is 27.7 Å². The van der Waals surface area contributed by atoms with Crippen molar-refractivity contribution in [1.29, 1.82) is 0 Å². The van der Waals surface area contributed by atoms with E-state index < -0.39 is 18.3 Å². The topological polar surface area (TPSA) is 48.7 Å². The van der Waals surface area contributed by atoms with Crippen molar-refractivity contribution in [1.82, 2.24) is 0 Å². The molecule has 0 saturated carbocycles. The van der Waals surface area contributed by atoms with Gasteiger partial charge in [0.25, 0.3) is 0 Å². The molecule has 0 bridgehead atoms. The fourth-order valence-electron chi connectivity index (χ4n) is 7.22. The van der Waals surface area contributed by atoms with Gasteiger partial charge >= 0.3 is 7.12 Å². The molecular weight excluding hydrogens is 655 g/mol. The molecule has 0 N–H and O–H groups in total. The van der Waals surface area contributed by atoms with Crippen LogP contribution in [-0.4, -0.2) is 18.3 Å². The van der Waals surface area contributed by atoms with Gasteiger partial charge in [-0.05, 0) is 121 Å². The van der Waals surface area contributed by atoms with Crippen LogP contribution in [0.2, 0.25) is 0 Å². The Morgan fingerprint density at radius 1 is 0.480 bits per heavy atom. The highest BCUT2D eigenvalue weighted by Gasteiger charge is 2.51. The van der Waals surface area contributed by atoms with Crippen molar-refractivity contribution in [2.75, 3.05) is 0 Å². The smallest absolute Gasteiger partial charge is 0.456 e. The van der Waals surface area contributed by atoms with E-state index in [4.69, 9.17) is 13.7 Å². The van der Waals surface area contributed by atoms with Crippen LogP contribution in [0, 0.1) is 0 Å². The van der Waals surface area contributed by atoms with Gasteiger partial charge in [-0.3, -0.25) is 4.79 Å². The largest absolute Gasteiger partial charge is 0.494 e. The summed E-state index contributed by atoms with van der Waals surface area (Å²) < 4.78 is 24.0. The molecule has 3 aromatic heterocycles. The second kappa shape index (κ2) is 10.6.